The lowest BCUT2D eigenvalue weighted by Gasteiger charge is -2.14. The third kappa shape index (κ3) is 3.16. The van der Waals surface area contributed by atoms with Gasteiger partial charge in [0.1, 0.15) is 5.01 Å². The van der Waals surface area contributed by atoms with Crippen molar-refractivity contribution in [2.24, 2.45) is 0 Å². The maximum Gasteiger partial charge on any atom is 0.109 e. The zero-order valence-electron chi connectivity index (χ0n) is 10.3. The van der Waals surface area contributed by atoms with Crippen LogP contribution in [0.2, 0.25) is 0 Å². The summed E-state index contributed by atoms with van der Waals surface area (Å²) in [5.74, 6) is 0. The summed E-state index contributed by atoms with van der Waals surface area (Å²) in [7, 11) is 0. The Balaban J connectivity index is 1.95. The largest absolute Gasteiger partial charge is 0.304 e. The van der Waals surface area contributed by atoms with Gasteiger partial charge in [0.2, 0.25) is 0 Å². The third-order valence-corrected chi connectivity index (χ3v) is 3.68. The molecular formula is C14H15N3S. The number of benzene rings is 1. The monoisotopic (exact) mass is 257 g/mol. The first-order valence-electron chi connectivity index (χ1n) is 5.95. The average molecular weight is 257 g/mol. The minimum Gasteiger partial charge on any atom is -0.304 e. The molecular weight excluding hydrogens is 242 g/mol. The number of thiazole rings is 1. The summed E-state index contributed by atoms with van der Waals surface area (Å²) >= 11 is 1.68. The number of hydrogen-bond acceptors (Lipinski definition) is 4. The molecule has 0 aliphatic heterocycles. The van der Waals surface area contributed by atoms with Crippen LogP contribution in [0.5, 0.6) is 0 Å². The van der Waals surface area contributed by atoms with Gasteiger partial charge in [-0.1, -0.05) is 19.1 Å². The van der Waals surface area contributed by atoms with E-state index >= 15 is 0 Å². The molecule has 1 aromatic heterocycles. The van der Waals surface area contributed by atoms with Crippen molar-refractivity contribution >= 4 is 11.3 Å². The lowest BCUT2D eigenvalue weighted by Crippen LogP contribution is -2.20. The van der Waals surface area contributed by atoms with Crippen LogP contribution in [0.3, 0.4) is 0 Å². The van der Waals surface area contributed by atoms with E-state index < -0.39 is 0 Å². The first kappa shape index (κ1) is 12.7. The summed E-state index contributed by atoms with van der Waals surface area (Å²) in [6.07, 6.45) is 2.86. The van der Waals surface area contributed by atoms with Crippen LogP contribution in [0, 0.1) is 11.3 Å². The van der Waals surface area contributed by atoms with Crippen molar-refractivity contribution in [1.29, 1.82) is 5.26 Å². The van der Waals surface area contributed by atoms with E-state index in [-0.39, 0.29) is 0 Å². The van der Waals surface area contributed by atoms with Crippen LogP contribution in [0.25, 0.3) is 0 Å². The van der Waals surface area contributed by atoms with E-state index in [1.807, 2.05) is 35.8 Å². The fourth-order valence-corrected chi connectivity index (χ4v) is 2.55. The maximum absolute atomic E-state index is 8.74. The van der Waals surface area contributed by atoms with Gasteiger partial charge in [-0.25, -0.2) is 4.98 Å². The molecule has 0 aliphatic rings. The number of hydrogen-bond donors (Lipinski definition) is 1. The van der Waals surface area contributed by atoms with Gasteiger partial charge in [-0.2, -0.15) is 5.26 Å². The second-order valence-electron chi connectivity index (χ2n) is 4.02. The molecule has 4 heteroatoms. The molecule has 1 heterocycles. The second-order valence-corrected chi connectivity index (χ2v) is 4.95. The number of nitrogens with zero attached hydrogens (tertiary/aromatic N) is 2. The zero-order valence-corrected chi connectivity index (χ0v) is 11.1. The summed E-state index contributed by atoms with van der Waals surface area (Å²) in [6, 6.07) is 10.1. The van der Waals surface area contributed by atoms with Crippen molar-refractivity contribution in [2.75, 3.05) is 0 Å². The summed E-state index contributed by atoms with van der Waals surface area (Å²) in [5, 5.41) is 15.4. The highest BCUT2D eigenvalue weighted by Gasteiger charge is 2.10. The minimum absolute atomic E-state index is 0.306. The number of nitrogens with one attached hydrogen (secondary N) is 1. The quantitative estimate of drug-likeness (QED) is 0.894. The Kier molecular flexibility index (Phi) is 4.46. The van der Waals surface area contributed by atoms with Gasteiger partial charge in [-0.15, -0.1) is 11.3 Å². The van der Waals surface area contributed by atoms with Gasteiger partial charge in [-0.3, -0.25) is 0 Å². The first-order valence-corrected chi connectivity index (χ1v) is 6.83. The van der Waals surface area contributed by atoms with Gasteiger partial charge < -0.3 is 5.32 Å². The molecule has 2 rings (SSSR count). The van der Waals surface area contributed by atoms with Crippen molar-refractivity contribution in [3.63, 3.8) is 0 Å². The SMILES string of the molecule is CCC(NCc1ccc(C#N)cc1)c1nccs1. The molecule has 0 fully saturated rings. The van der Waals surface area contributed by atoms with Crippen LogP contribution in [0.15, 0.2) is 35.8 Å². The molecule has 0 saturated heterocycles. The van der Waals surface area contributed by atoms with E-state index in [2.05, 4.69) is 23.3 Å². The van der Waals surface area contributed by atoms with Crippen LogP contribution in [0.1, 0.15) is 35.5 Å². The highest BCUT2D eigenvalue weighted by molar-refractivity contribution is 7.09. The molecule has 92 valence electrons. The normalized spacial score (nSPS) is 12.0. The Bertz CT molecular complexity index is 511. The molecule has 1 N–H and O–H groups in total. The average Bonchev–Trinajstić information content (AvgIpc) is 2.94. The Morgan fingerprint density at radius 3 is 2.72 bits per heavy atom. The summed E-state index contributed by atoms with van der Waals surface area (Å²) in [4.78, 5) is 4.34. The molecule has 1 atom stereocenters. The van der Waals surface area contributed by atoms with Crippen LogP contribution in [-0.4, -0.2) is 4.98 Å². The van der Waals surface area contributed by atoms with Gasteiger partial charge in [0.05, 0.1) is 17.7 Å². The lowest BCUT2D eigenvalue weighted by molar-refractivity contribution is 0.516. The molecule has 0 spiro atoms. The smallest absolute Gasteiger partial charge is 0.109 e. The minimum atomic E-state index is 0.306. The number of rotatable bonds is 5. The van der Waals surface area contributed by atoms with E-state index in [0.29, 0.717) is 11.6 Å². The van der Waals surface area contributed by atoms with Crippen LogP contribution < -0.4 is 5.32 Å². The van der Waals surface area contributed by atoms with Crippen LogP contribution in [-0.2, 0) is 6.54 Å². The predicted molar refractivity (Wildman–Crippen MR) is 73.1 cm³/mol. The lowest BCUT2D eigenvalue weighted by atomic mass is 10.1. The van der Waals surface area contributed by atoms with E-state index in [4.69, 9.17) is 5.26 Å². The highest BCUT2D eigenvalue weighted by Crippen LogP contribution is 2.19. The molecule has 18 heavy (non-hydrogen) atoms. The fourth-order valence-electron chi connectivity index (χ4n) is 1.75. The molecule has 0 aliphatic carbocycles. The summed E-state index contributed by atoms with van der Waals surface area (Å²) < 4.78 is 0. The van der Waals surface area contributed by atoms with Crippen molar-refractivity contribution in [3.8, 4) is 6.07 Å². The zero-order chi connectivity index (χ0) is 12.8. The van der Waals surface area contributed by atoms with Crippen molar-refractivity contribution < 1.29 is 0 Å². The molecule has 0 saturated carbocycles. The van der Waals surface area contributed by atoms with Gasteiger partial charge in [0.15, 0.2) is 0 Å². The summed E-state index contributed by atoms with van der Waals surface area (Å²) in [5.41, 5.74) is 1.88. The van der Waals surface area contributed by atoms with E-state index in [0.717, 1.165) is 18.0 Å². The maximum atomic E-state index is 8.74. The Labute approximate surface area is 111 Å². The molecule has 2 aromatic rings. The second kappa shape index (κ2) is 6.29. The van der Waals surface area contributed by atoms with Gasteiger partial charge >= 0.3 is 0 Å². The topological polar surface area (TPSA) is 48.7 Å². The van der Waals surface area contributed by atoms with Crippen LogP contribution >= 0.6 is 11.3 Å². The van der Waals surface area contributed by atoms with Crippen molar-refractivity contribution in [2.45, 2.75) is 25.9 Å². The summed E-state index contributed by atoms with van der Waals surface area (Å²) in [6.45, 7) is 2.95. The Morgan fingerprint density at radius 1 is 1.39 bits per heavy atom. The third-order valence-electron chi connectivity index (χ3n) is 2.79. The number of nitriles is 1. The first-order chi connectivity index (χ1) is 8.83. The predicted octanol–water partition coefficient (Wildman–Crippen LogP) is 3.26. The highest BCUT2D eigenvalue weighted by atomic mass is 32.1. The van der Waals surface area contributed by atoms with Gasteiger partial charge in [-0.05, 0) is 24.1 Å². The molecule has 0 amide bonds. The van der Waals surface area contributed by atoms with Gasteiger partial charge in [0, 0.05) is 18.1 Å². The number of aromatic nitrogens is 1. The van der Waals surface area contributed by atoms with E-state index in [9.17, 15) is 0 Å². The van der Waals surface area contributed by atoms with Crippen molar-refractivity contribution in [1.82, 2.24) is 10.3 Å². The molecule has 3 nitrogen and oxygen atoms in total. The molecule has 0 bridgehead atoms. The van der Waals surface area contributed by atoms with E-state index in [1.165, 1.54) is 5.56 Å². The fraction of sp³-hybridized carbons (Fsp3) is 0.286. The van der Waals surface area contributed by atoms with Gasteiger partial charge in [0.25, 0.3) is 0 Å². The Morgan fingerprint density at radius 2 is 2.17 bits per heavy atom. The molecule has 0 radical (unpaired) electrons. The molecule has 1 unspecified atom stereocenters. The standard InChI is InChI=1S/C14H15N3S/c1-2-13(14-16-7-8-18-14)17-10-12-5-3-11(9-15)4-6-12/h3-8,13,17H,2,10H2,1H3. The van der Waals surface area contributed by atoms with Crippen LogP contribution in [0.4, 0.5) is 0 Å². The van der Waals surface area contributed by atoms with E-state index in [1.54, 1.807) is 11.3 Å². The Hall–Kier alpha value is -1.70. The molecule has 1 aromatic carbocycles. The van der Waals surface area contributed by atoms with Crippen molar-refractivity contribution in [3.05, 3.63) is 52.0 Å².